The minimum Gasteiger partial charge on any atom is -0.420 e. The summed E-state index contributed by atoms with van der Waals surface area (Å²) in [6, 6.07) is 19.5. The van der Waals surface area contributed by atoms with Gasteiger partial charge in [-0.2, -0.15) is 0 Å². The molecule has 7 heteroatoms. The Morgan fingerprint density at radius 2 is 1.86 bits per heavy atom. The topological polar surface area (TPSA) is 80.9 Å². The van der Waals surface area contributed by atoms with Crippen molar-refractivity contribution in [3.05, 3.63) is 72.1 Å². The molecule has 1 amide bonds. The molecule has 1 saturated carbocycles. The predicted octanol–water partition coefficient (Wildman–Crippen LogP) is 4.47. The van der Waals surface area contributed by atoms with Crippen molar-refractivity contribution < 1.29 is 9.21 Å². The van der Waals surface area contributed by atoms with E-state index in [4.69, 9.17) is 4.42 Å². The quantitative estimate of drug-likeness (QED) is 0.479. The summed E-state index contributed by atoms with van der Waals surface area (Å²) in [4.78, 5) is 17.4. The van der Waals surface area contributed by atoms with Crippen LogP contribution in [0.1, 0.15) is 29.1 Å². The highest BCUT2D eigenvalue weighted by Crippen LogP contribution is 2.28. The van der Waals surface area contributed by atoms with E-state index in [0.29, 0.717) is 29.1 Å². The van der Waals surface area contributed by atoms with Crippen LogP contribution in [0, 0.1) is 0 Å². The second kappa shape index (κ2) is 7.67. The van der Waals surface area contributed by atoms with E-state index in [1.807, 2.05) is 60.7 Å². The molecule has 4 aromatic rings. The Bertz CT molecular complexity index is 1170. The fraction of sp³-hybridized carbons (Fsp3) is 0.182. The van der Waals surface area contributed by atoms with Crippen LogP contribution in [0.2, 0.25) is 0 Å². The molecular weight excluding hydrogens is 384 g/mol. The second-order valence-electron chi connectivity index (χ2n) is 6.93. The summed E-state index contributed by atoms with van der Waals surface area (Å²) in [5, 5.41) is 12.9. The Morgan fingerprint density at radius 3 is 2.69 bits per heavy atom. The molecule has 0 radical (unpaired) electrons. The van der Waals surface area contributed by atoms with Gasteiger partial charge in [0.1, 0.15) is 0 Å². The number of para-hydroxylation sites is 1. The molecule has 0 saturated heterocycles. The molecule has 1 fully saturated rings. The lowest BCUT2D eigenvalue weighted by atomic mass is 10.1. The summed E-state index contributed by atoms with van der Waals surface area (Å²) < 4.78 is 5.77. The van der Waals surface area contributed by atoms with Gasteiger partial charge in [0.2, 0.25) is 11.8 Å². The normalized spacial score (nSPS) is 13.5. The van der Waals surface area contributed by atoms with Gasteiger partial charge in [-0.15, -0.1) is 10.2 Å². The number of hydrogen-bond acceptors (Lipinski definition) is 6. The minimum absolute atomic E-state index is 0.0443. The van der Waals surface area contributed by atoms with Crippen LogP contribution in [-0.2, 0) is 5.75 Å². The van der Waals surface area contributed by atoms with Gasteiger partial charge in [0.15, 0.2) is 0 Å². The fourth-order valence-corrected chi connectivity index (χ4v) is 3.80. The Balaban J connectivity index is 1.38. The lowest BCUT2D eigenvalue weighted by Gasteiger charge is -2.09. The highest BCUT2D eigenvalue weighted by Gasteiger charge is 2.25. The molecule has 5 rings (SSSR count). The van der Waals surface area contributed by atoms with Gasteiger partial charge in [-0.25, -0.2) is 4.98 Å². The van der Waals surface area contributed by atoms with E-state index in [-0.39, 0.29) is 5.91 Å². The zero-order chi connectivity index (χ0) is 19.6. The van der Waals surface area contributed by atoms with Crippen molar-refractivity contribution in [2.75, 3.05) is 0 Å². The van der Waals surface area contributed by atoms with Gasteiger partial charge in [-0.05, 0) is 37.1 Å². The van der Waals surface area contributed by atoms with Crippen molar-refractivity contribution in [2.24, 2.45) is 0 Å². The van der Waals surface area contributed by atoms with E-state index >= 15 is 0 Å². The monoisotopic (exact) mass is 402 g/mol. The van der Waals surface area contributed by atoms with Crippen LogP contribution in [0.15, 0.2) is 70.1 Å². The van der Waals surface area contributed by atoms with E-state index in [1.165, 1.54) is 11.8 Å². The molecule has 2 aromatic carbocycles. The molecule has 0 aliphatic heterocycles. The Morgan fingerprint density at radius 1 is 1.07 bits per heavy atom. The summed E-state index contributed by atoms with van der Waals surface area (Å²) in [6.07, 6.45) is 2.11. The average Bonchev–Trinajstić information content (AvgIpc) is 3.45. The molecule has 1 aliphatic carbocycles. The Hall–Kier alpha value is -3.19. The van der Waals surface area contributed by atoms with Crippen LogP contribution < -0.4 is 5.32 Å². The molecule has 2 heterocycles. The summed E-state index contributed by atoms with van der Waals surface area (Å²) in [5.74, 6) is 1.46. The van der Waals surface area contributed by atoms with Gasteiger partial charge in [-0.3, -0.25) is 4.79 Å². The van der Waals surface area contributed by atoms with Gasteiger partial charge in [-0.1, -0.05) is 48.2 Å². The number of pyridine rings is 1. The minimum atomic E-state index is -0.0443. The van der Waals surface area contributed by atoms with Gasteiger partial charge >= 0.3 is 0 Å². The van der Waals surface area contributed by atoms with E-state index < -0.39 is 0 Å². The highest BCUT2D eigenvalue weighted by molar-refractivity contribution is 7.98. The maximum atomic E-state index is 12.7. The van der Waals surface area contributed by atoms with Crippen molar-refractivity contribution in [3.8, 4) is 11.5 Å². The molecule has 0 spiro atoms. The van der Waals surface area contributed by atoms with E-state index in [0.717, 1.165) is 34.3 Å². The van der Waals surface area contributed by atoms with E-state index in [2.05, 4.69) is 20.5 Å². The standard InChI is InChI=1S/C22H18N4O2S/c27-21(23-15-10-11-15)17-12-20(24-18-9-5-4-8-16(17)18)29-13-19-25-26-22(28-19)14-6-2-1-3-7-14/h1-9,12,15H,10-11,13H2,(H,23,27). The van der Waals surface area contributed by atoms with Gasteiger partial charge < -0.3 is 9.73 Å². The van der Waals surface area contributed by atoms with Crippen LogP contribution in [0.4, 0.5) is 0 Å². The van der Waals surface area contributed by atoms with Gasteiger partial charge in [0, 0.05) is 17.0 Å². The second-order valence-corrected chi connectivity index (χ2v) is 7.92. The van der Waals surface area contributed by atoms with Crippen molar-refractivity contribution in [2.45, 2.75) is 29.7 Å². The number of fused-ring (bicyclic) bond motifs is 1. The maximum Gasteiger partial charge on any atom is 0.252 e. The van der Waals surface area contributed by atoms with Crippen LogP contribution in [0.5, 0.6) is 0 Å². The molecular formula is C22H18N4O2S. The Kier molecular flexibility index (Phi) is 4.73. The summed E-state index contributed by atoms with van der Waals surface area (Å²) in [7, 11) is 0. The lowest BCUT2D eigenvalue weighted by molar-refractivity contribution is 0.0952. The predicted molar refractivity (Wildman–Crippen MR) is 112 cm³/mol. The number of carbonyl (C=O) groups is 1. The zero-order valence-electron chi connectivity index (χ0n) is 15.5. The smallest absolute Gasteiger partial charge is 0.252 e. The third kappa shape index (κ3) is 4.00. The third-order valence-electron chi connectivity index (χ3n) is 4.68. The summed E-state index contributed by atoms with van der Waals surface area (Å²) in [6.45, 7) is 0. The van der Waals surface area contributed by atoms with Crippen LogP contribution in [0.25, 0.3) is 22.4 Å². The molecule has 1 aliphatic rings. The molecule has 0 bridgehead atoms. The summed E-state index contributed by atoms with van der Waals surface area (Å²) in [5.41, 5.74) is 2.34. The Labute approximate surface area is 171 Å². The number of hydrogen-bond donors (Lipinski definition) is 1. The molecule has 0 unspecified atom stereocenters. The number of aromatic nitrogens is 3. The lowest BCUT2D eigenvalue weighted by Crippen LogP contribution is -2.25. The molecule has 0 atom stereocenters. The molecule has 29 heavy (non-hydrogen) atoms. The molecule has 1 N–H and O–H groups in total. The number of benzene rings is 2. The van der Waals surface area contributed by atoms with E-state index in [1.54, 1.807) is 0 Å². The SMILES string of the molecule is O=C(NC1CC1)c1cc(SCc2nnc(-c3ccccc3)o2)nc2ccccc12. The van der Waals surface area contributed by atoms with E-state index in [9.17, 15) is 4.79 Å². The number of amides is 1. The maximum absolute atomic E-state index is 12.7. The molecule has 6 nitrogen and oxygen atoms in total. The number of nitrogens with one attached hydrogen (secondary N) is 1. The highest BCUT2D eigenvalue weighted by atomic mass is 32.2. The zero-order valence-corrected chi connectivity index (χ0v) is 16.4. The fourth-order valence-electron chi connectivity index (χ4n) is 3.05. The first-order chi connectivity index (χ1) is 14.3. The first kappa shape index (κ1) is 17.9. The molecule has 144 valence electrons. The van der Waals surface area contributed by atoms with Crippen LogP contribution in [-0.4, -0.2) is 27.1 Å². The number of rotatable bonds is 6. The van der Waals surface area contributed by atoms with Crippen LogP contribution in [0.3, 0.4) is 0 Å². The van der Waals surface area contributed by atoms with Crippen LogP contribution >= 0.6 is 11.8 Å². The first-order valence-electron chi connectivity index (χ1n) is 9.47. The molecule has 2 aromatic heterocycles. The number of carbonyl (C=O) groups excluding carboxylic acids is 1. The number of nitrogens with zero attached hydrogens (tertiary/aromatic N) is 3. The number of thioether (sulfide) groups is 1. The first-order valence-corrected chi connectivity index (χ1v) is 10.5. The van der Waals surface area contributed by atoms with Crippen molar-refractivity contribution >= 4 is 28.6 Å². The summed E-state index contributed by atoms with van der Waals surface area (Å²) >= 11 is 1.48. The van der Waals surface area contributed by atoms with Crippen molar-refractivity contribution in [3.63, 3.8) is 0 Å². The van der Waals surface area contributed by atoms with Gasteiger partial charge in [0.25, 0.3) is 5.91 Å². The largest absolute Gasteiger partial charge is 0.420 e. The van der Waals surface area contributed by atoms with Crippen molar-refractivity contribution in [1.29, 1.82) is 0 Å². The average molecular weight is 402 g/mol. The van der Waals surface area contributed by atoms with Gasteiger partial charge in [0.05, 0.1) is 21.9 Å². The van der Waals surface area contributed by atoms with Crippen molar-refractivity contribution in [1.82, 2.24) is 20.5 Å². The third-order valence-corrected chi connectivity index (χ3v) is 5.58.